The third-order valence-electron chi connectivity index (χ3n) is 3.36. The van der Waals surface area contributed by atoms with E-state index in [2.05, 4.69) is 31.8 Å². The predicted octanol–water partition coefficient (Wildman–Crippen LogP) is 0.928. The average molecular weight is 273 g/mol. The quantitative estimate of drug-likeness (QED) is 0.843. The van der Waals surface area contributed by atoms with Gasteiger partial charge < -0.3 is 10.3 Å². The van der Waals surface area contributed by atoms with Crippen molar-refractivity contribution in [1.29, 1.82) is 0 Å². The summed E-state index contributed by atoms with van der Waals surface area (Å²) in [4.78, 5) is 2.80. The summed E-state index contributed by atoms with van der Waals surface area (Å²) in [5.41, 5.74) is 7.76. The van der Waals surface area contributed by atoms with E-state index in [1.807, 2.05) is 12.1 Å². The van der Waals surface area contributed by atoms with Crippen molar-refractivity contribution < 1.29 is 0 Å². The Morgan fingerprint density at radius 1 is 1.26 bits per heavy atom. The highest BCUT2D eigenvalue weighted by atomic mass is 32.1. The molecule has 0 fully saturated rings. The molecule has 0 saturated heterocycles. The van der Waals surface area contributed by atoms with Crippen LogP contribution in [0.4, 0.5) is 0 Å². The zero-order valence-electron chi connectivity index (χ0n) is 10.5. The molecule has 0 saturated carbocycles. The van der Waals surface area contributed by atoms with Crippen molar-refractivity contribution in [2.24, 2.45) is 5.73 Å². The molecule has 2 heterocycles. The van der Waals surface area contributed by atoms with Gasteiger partial charge >= 0.3 is 0 Å². The van der Waals surface area contributed by atoms with Gasteiger partial charge in [-0.1, -0.05) is 36.5 Å². The SMILES string of the molecule is NC(=S)c1ccc(CN2CCn3cnnc3C2)cc1. The maximum Gasteiger partial charge on any atom is 0.147 e. The molecule has 0 radical (unpaired) electrons. The van der Waals surface area contributed by atoms with E-state index in [4.69, 9.17) is 18.0 Å². The highest BCUT2D eigenvalue weighted by Crippen LogP contribution is 2.13. The first-order chi connectivity index (χ1) is 9.22. The van der Waals surface area contributed by atoms with E-state index in [9.17, 15) is 0 Å². The van der Waals surface area contributed by atoms with Crippen LogP contribution in [0, 0.1) is 0 Å². The van der Waals surface area contributed by atoms with Gasteiger partial charge in [0.1, 0.15) is 17.1 Å². The number of hydrogen-bond donors (Lipinski definition) is 1. The monoisotopic (exact) mass is 273 g/mol. The number of benzene rings is 1. The molecule has 1 aromatic heterocycles. The van der Waals surface area contributed by atoms with Gasteiger partial charge in [0.25, 0.3) is 0 Å². The van der Waals surface area contributed by atoms with Crippen molar-refractivity contribution in [3.63, 3.8) is 0 Å². The molecule has 0 amide bonds. The van der Waals surface area contributed by atoms with Gasteiger partial charge in [0.2, 0.25) is 0 Å². The van der Waals surface area contributed by atoms with Crippen molar-refractivity contribution in [3.8, 4) is 0 Å². The van der Waals surface area contributed by atoms with E-state index in [-0.39, 0.29) is 0 Å². The minimum absolute atomic E-state index is 0.442. The summed E-state index contributed by atoms with van der Waals surface area (Å²) in [6, 6.07) is 8.11. The molecule has 98 valence electrons. The summed E-state index contributed by atoms with van der Waals surface area (Å²) in [5, 5.41) is 8.06. The van der Waals surface area contributed by atoms with Gasteiger partial charge in [-0.15, -0.1) is 10.2 Å². The molecule has 0 aliphatic carbocycles. The molecule has 1 aliphatic heterocycles. The first-order valence-corrected chi connectivity index (χ1v) is 6.61. The summed E-state index contributed by atoms with van der Waals surface area (Å²) in [6.45, 7) is 3.72. The van der Waals surface area contributed by atoms with Gasteiger partial charge in [-0.25, -0.2) is 0 Å². The van der Waals surface area contributed by atoms with E-state index in [0.29, 0.717) is 4.99 Å². The number of hydrogen-bond acceptors (Lipinski definition) is 4. The van der Waals surface area contributed by atoms with Crippen molar-refractivity contribution in [3.05, 3.63) is 47.5 Å². The highest BCUT2D eigenvalue weighted by Gasteiger charge is 2.17. The van der Waals surface area contributed by atoms with E-state index in [0.717, 1.165) is 37.6 Å². The van der Waals surface area contributed by atoms with Gasteiger partial charge in [-0.05, 0) is 5.56 Å². The van der Waals surface area contributed by atoms with Crippen LogP contribution in [-0.2, 0) is 19.6 Å². The molecule has 0 unspecified atom stereocenters. The topological polar surface area (TPSA) is 60.0 Å². The number of thiocarbonyl (C=S) groups is 1. The lowest BCUT2D eigenvalue weighted by Gasteiger charge is -2.26. The molecule has 2 aromatic rings. The third kappa shape index (κ3) is 2.64. The standard InChI is InChI=1S/C13H15N5S/c14-13(19)11-3-1-10(2-4-11)7-17-5-6-18-9-15-16-12(18)8-17/h1-4,9H,5-8H2,(H2,14,19). The van der Waals surface area contributed by atoms with E-state index in [1.165, 1.54) is 5.56 Å². The van der Waals surface area contributed by atoms with Gasteiger partial charge in [0, 0.05) is 25.2 Å². The lowest BCUT2D eigenvalue weighted by Crippen LogP contribution is -2.33. The second-order valence-electron chi connectivity index (χ2n) is 4.71. The van der Waals surface area contributed by atoms with Crippen molar-refractivity contribution in [2.75, 3.05) is 6.54 Å². The maximum atomic E-state index is 5.59. The summed E-state index contributed by atoms with van der Waals surface area (Å²) >= 11 is 4.95. The molecule has 1 aromatic carbocycles. The Kier molecular flexibility index (Phi) is 3.27. The van der Waals surface area contributed by atoms with Gasteiger partial charge in [-0.2, -0.15) is 0 Å². The summed E-state index contributed by atoms with van der Waals surface area (Å²) in [6.07, 6.45) is 1.80. The maximum absolute atomic E-state index is 5.59. The molecule has 19 heavy (non-hydrogen) atoms. The van der Waals surface area contributed by atoms with Crippen LogP contribution in [0.25, 0.3) is 0 Å². The van der Waals surface area contributed by atoms with E-state index in [1.54, 1.807) is 6.33 Å². The zero-order valence-corrected chi connectivity index (χ0v) is 11.3. The Labute approximate surface area is 117 Å². The van der Waals surface area contributed by atoms with Crippen molar-refractivity contribution in [1.82, 2.24) is 19.7 Å². The Bertz CT molecular complexity index is 589. The minimum Gasteiger partial charge on any atom is -0.389 e. The van der Waals surface area contributed by atoms with Crippen LogP contribution in [0.3, 0.4) is 0 Å². The van der Waals surface area contributed by atoms with Crippen LogP contribution in [0.2, 0.25) is 0 Å². The van der Waals surface area contributed by atoms with E-state index < -0.39 is 0 Å². The zero-order chi connectivity index (χ0) is 13.2. The molecular weight excluding hydrogens is 258 g/mol. The summed E-state index contributed by atoms with van der Waals surface area (Å²) < 4.78 is 2.10. The summed E-state index contributed by atoms with van der Waals surface area (Å²) in [5.74, 6) is 1.03. The molecular formula is C13H15N5S. The first kappa shape index (κ1) is 12.3. The number of rotatable bonds is 3. The Balaban J connectivity index is 1.68. The summed E-state index contributed by atoms with van der Waals surface area (Å²) in [7, 11) is 0. The molecule has 6 heteroatoms. The molecule has 2 N–H and O–H groups in total. The predicted molar refractivity (Wildman–Crippen MR) is 76.5 cm³/mol. The van der Waals surface area contributed by atoms with Crippen LogP contribution in [0.15, 0.2) is 30.6 Å². The fourth-order valence-corrected chi connectivity index (χ4v) is 2.42. The molecule has 0 bridgehead atoms. The normalized spacial score (nSPS) is 15.2. The Morgan fingerprint density at radius 2 is 2.05 bits per heavy atom. The molecule has 0 spiro atoms. The fraction of sp³-hybridized carbons (Fsp3) is 0.308. The second-order valence-corrected chi connectivity index (χ2v) is 5.15. The van der Waals surface area contributed by atoms with Crippen molar-refractivity contribution >= 4 is 17.2 Å². The van der Waals surface area contributed by atoms with Gasteiger partial charge in [0.05, 0.1) is 6.54 Å². The number of fused-ring (bicyclic) bond motifs is 1. The molecule has 1 aliphatic rings. The Morgan fingerprint density at radius 3 is 2.79 bits per heavy atom. The van der Waals surface area contributed by atoms with Crippen LogP contribution in [0.1, 0.15) is 17.0 Å². The second kappa shape index (κ2) is 5.07. The van der Waals surface area contributed by atoms with Crippen LogP contribution < -0.4 is 5.73 Å². The fourth-order valence-electron chi connectivity index (χ4n) is 2.28. The van der Waals surface area contributed by atoms with E-state index >= 15 is 0 Å². The average Bonchev–Trinajstić information content (AvgIpc) is 2.87. The number of nitrogens with zero attached hydrogens (tertiary/aromatic N) is 4. The lowest BCUT2D eigenvalue weighted by atomic mass is 10.1. The van der Waals surface area contributed by atoms with Gasteiger partial charge in [0.15, 0.2) is 0 Å². The van der Waals surface area contributed by atoms with Crippen LogP contribution in [0.5, 0.6) is 0 Å². The van der Waals surface area contributed by atoms with Crippen LogP contribution >= 0.6 is 12.2 Å². The largest absolute Gasteiger partial charge is 0.389 e. The molecule has 5 nitrogen and oxygen atoms in total. The molecule has 3 rings (SSSR count). The molecule has 0 atom stereocenters. The Hall–Kier alpha value is -1.79. The lowest BCUT2D eigenvalue weighted by molar-refractivity contribution is 0.209. The number of nitrogens with two attached hydrogens (primary N) is 1. The van der Waals surface area contributed by atoms with Crippen LogP contribution in [-0.4, -0.2) is 31.2 Å². The highest BCUT2D eigenvalue weighted by molar-refractivity contribution is 7.80. The third-order valence-corrected chi connectivity index (χ3v) is 3.60. The van der Waals surface area contributed by atoms with Gasteiger partial charge in [-0.3, -0.25) is 4.90 Å². The number of aromatic nitrogens is 3. The first-order valence-electron chi connectivity index (χ1n) is 6.20. The minimum atomic E-state index is 0.442. The smallest absolute Gasteiger partial charge is 0.147 e. The van der Waals surface area contributed by atoms with Crippen molar-refractivity contribution in [2.45, 2.75) is 19.6 Å².